The van der Waals surface area contributed by atoms with Gasteiger partial charge in [0.2, 0.25) is 0 Å². The molecule has 0 unspecified atom stereocenters. The van der Waals surface area contributed by atoms with Gasteiger partial charge in [0.1, 0.15) is 5.65 Å². The van der Waals surface area contributed by atoms with E-state index in [1.165, 1.54) is 6.07 Å². The molecule has 1 saturated carbocycles. The van der Waals surface area contributed by atoms with E-state index in [4.69, 9.17) is 0 Å². The number of nitriles is 1. The highest BCUT2D eigenvalue weighted by Gasteiger charge is 2.25. The molecule has 3 heterocycles. The first kappa shape index (κ1) is 24.1. The number of aromatic amines is 1. The van der Waals surface area contributed by atoms with Crippen molar-refractivity contribution in [3.63, 3.8) is 0 Å². The van der Waals surface area contributed by atoms with E-state index in [9.17, 15) is 22.4 Å². The minimum atomic E-state index is -5.20. The van der Waals surface area contributed by atoms with Gasteiger partial charge in [-0.05, 0) is 60.7 Å². The summed E-state index contributed by atoms with van der Waals surface area (Å²) in [5, 5.41) is 11.4. The van der Waals surface area contributed by atoms with Gasteiger partial charge < -0.3 is 13.7 Å². The maximum Gasteiger partial charge on any atom is 0.488 e. The summed E-state index contributed by atoms with van der Waals surface area (Å²) in [6, 6.07) is 12.9. The Labute approximate surface area is 217 Å². The Morgan fingerprint density at radius 2 is 1.95 bits per heavy atom. The second-order valence-electron chi connectivity index (χ2n) is 9.62. The molecule has 0 saturated heterocycles. The number of nitrogens with one attached hydrogen (secondary N) is 1. The van der Waals surface area contributed by atoms with Crippen molar-refractivity contribution in [2.75, 3.05) is 0 Å². The third-order valence-corrected chi connectivity index (χ3v) is 7.78. The molecular weight excluding hydrogens is 507 g/mol. The number of H-pyrrole nitrogens is 1. The SMILES string of the molecule is CCc1cc2c(=O)c3c4ccc(C#N)cc4[nH]c3n(C3CCCC3)c2cc1-c1cncc(OS(=O)(=O)F)c1. The quantitative estimate of drug-likeness (QED) is 0.285. The van der Waals surface area contributed by atoms with E-state index in [1.807, 2.05) is 25.1 Å². The summed E-state index contributed by atoms with van der Waals surface area (Å²) in [4.78, 5) is 21.5. The fourth-order valence-electron chi connectivity index (χ4n) is 5.76. The normalized spacial score (nSPS) is 14.4. The number of nitrogens with zero attached hydrogens (tertiary/aromatic N) is 3. The van der Waals surface area contributed by atoms with E-state index in [-0.39, 0.29) is 17.2 Å². The molecule has 5 aromatic rings. The van der Waals surface area contributed by atoms with Crippen molar-refractivity contribution in [2.24, 2.45) is 0 Å². The highest BCUT2D eigenvalue weighted by Crippen LogP contribution is 2.38. The third kappa shape index (κ3) is 4.00. The second-order valence-corrected chi connectivity index (χ2v) is 10.6. The van der Waals surface area contributed by atoms with Gasteiger partial charge in [0.05, 0.1) is 28.7 Å². The summed E-state index contributed by atoms with van der Waals surface area (Å²) < 4.78 is 41.9. The van der Waals surface area contributed by atoms with Gasteiger partial charge in [-0.25, -0.2) is 0 Å². The number of rotatable bonds is 5. The van der Waals surface area contributed by atoms with Gasteiger partial charge in [0.15, 0.2) is 11.2 Å². The first-order valence-electron chi connectivity index (χ1n) is 12.4. The zero-order valence-electron chi connectivity index (χ0n) is 20.5. The van der Waals surface area contributed by atoms with Crippen LogP contribution in [0.4, 0.5) is 3.89 Å². The van der Waals surface area contributed by atoms with Gasteiger partial charge in [-0.15, -0.1) is 0 Å². The van der Waals surface area contributed by atoms with Crippen molar-refractivity contribution in [3.8, 4) is 22.9 Å². The smallest absolute Gasteiger partial charge is 0.357 e. The fraction of sp³-hybridized carbons (Fsp3) is 0.250. The molecule has 0 atom stereocenters. The Bertz CT molecular complexity index is 1970. The Balaban J connectivity index is 1.69. The van der Waals surface area contributed by atoms with Crippen molar-refractivity contribution in [3.05, 3.63) is 70.1 Å². The van der Waals surface area contributed by atoms with Crippen molar-refractivity contribution in [1.29, 1.82) is 5.26 Å². The van der Waals surface area contributed by atoms with Crippen LogP contribution in [0.1, 0.15) is 49.8 Å². The number of fused-ring (bicyclic) bond motifs is 4. The molecule has 6 rings (SSSR count). The molecule has 8 nitrogen and oxygen atoms in total. The van der Waals surface area contributed by atoms with Crippen LogP contribution in [-0.2, 0) is 16.9 Å². The van der Waals surface area contributed by atoms with E-state index in [0.717, 1.165) is 59.4 Å². The lowest BCUT2D eigenvalue weighted by molar-refractivity contribution is 0.439. The number of aromatic nitrogens is 3. The fourth-order valence-corrected chi connectivity index (χ4v) is 6.08. The highest BCUT2D eigenvalue weighted by atomic mass is 32.3. The lowest BCUT2D eigenvalue weighted by Gasteiger charge is -2.21. The highest BCUT2D eigenvalue weighted by molar-refractivity contribution is 7.81. The molecular formula is C28H23FN4O4S. The van der Waals surface area contributed by atoms with E-state index >= 15 is 0 Å². The summed E-state index contributed by atoms with van der Waals surface area (Å²) in [7, 11) is -5.20. The minimum Gasteiger partial charge on any atom is -0.357 e. The molecule has 0 bridgehead atoms. The van der Waals surface area contributed by atoms with Crippen LogP contribution in [0.5, 0.6) is 5.75 Å². The van der Waals surface area contributed by atoms with Crippen LogP contribution < -0.4 is 9.61 Å². The lowest BCUT2D eigenvalue weighted by atomic mass is 9.95. The number of pyridine rings is 2. The Kier molecular flexibility index (Phi) is 5.69. The molecule has 3 aromatic heterocycles. The second kappa shape index (κ2) is 8.96. The molecule has 0 radical (unpaired) electrons. The molecule has 10 heteroatoms. The largest absolute Gasteiger partial charge is 0.488 e. The van der Waals surface area contributed by atoms with Gasteiger partial charge in [0, 0.05) is 34.1 Å². The van der Waals surface area contributed by atoms with E-state index in [0.29, 0.717) is 34.0 Å². The maximum atomic E-state index is 14.0. The molecule has 0 spiro atoms. The van der Waals surface area contributed by atoms with Crippen LogP contribution in [0.3, 0.4) is 0 Å². The summed E-state index contributed by atoms with van der Waals surface area (Å²) in [6.07, 6.45) is 7.38. The summed E-state index contributed by atoms with van der Waals surface area (Å²) >= 11 is 0. The van der Waals surface area contributed by atoms with Crippen LogP contribution in [0, 0.1) is 11.3 Å². The van der Waals surface area contributed by atoms with Gasteiger partial charge in [0.25, 0.3) is 0 Å². The molecule has 2 aromatic carbocycles. The number of hydrogen-bond donors (Lipinski definition) is 1. The summed E-state index contributed by atoms with van der Waals surface area (Å²) in [6.45, 7) is 1.97. The first-order chi connectivity index (χ1) is 18.3. The molecule has 1 aliphatic rings. The number of aryl methyl sites for hydroxylation is 1. The average molecular weight is 531 g/mol. The van der Waals surface area contributed by atoms with E-state index in [2.05, 4.69) is 24.8 Å². The van der Waals surface area contributed by atoms with Crippen LogP contribution in [0.2, 0.25) is 0 Å². The van der Waals surface area contributed by atoms with Crippen LogP contribution in [0.15, 0.2) is 53.6 Å². The first-order valence-corrected chi connectivity index (χ1v) is 13.7. The summed E-state index contributed by atoms with van der Waals surface area (Å²) in [5.41, 5.74) is 4.77. The zero-order chi connectivity index (χ0) is 26.6. The maximum absolute atomic E-state index is 14.0. The molecule has 1 aliphatic carbocycles. The van der Waals surface area contributed by atoms with Gasteiger partial charge >= 0.3 is 10.5 Å². The third-order valence-electron chi connectivity index (χ3n) is 7.39. The molecule has 0 aliphatic heterocycles. The topological polar surface area (TPSA) is 118 Å². The minimum absolute atomic E-state index is 0.0970. The van der Waals surface area contributed by atoms with Gasteiger partial charge in [-0.3, -0.25) is 9.78 Å². The number of halogens is 1. The standard InChI is InChI=1S/C28H23FN4O4S/c1-2-17-11-23-25(12-22(17)18-10-20(15-31-14-18)37-38(29,35)36)33(19-5-3-4-6-19)28-26(27(23)34)21-8-7-16(13-30)9-24(21)32-28/h7-12,14-15,19,32H,2-6H2,1H3. The zero-order valence-corrected chi connectivity index (χ0v) is 21.3. The average Bonchev–Trinajstić information content (AvgIpc) is 3.55. The van der Waals surface area contributed by atoms with Crippen molar-refractivity contribution in [2.45, 2.75) is 45.1 Å². The van der Waals surface area contributed by atoms with Crippen LogP contribution in [-0.4, -0.2) is 23.0 Å². The Hall–Kier alpha value is -4.23. The van der Waals surface area contributed by atoms with E-state index in [1.54, 1.807) is 18.3 Å². The van der Waals surface area contributed by atoms with Crippen molar-refractivity contribution < 1.29 is 16.5 Å². The molecule has 192 valence electrons. The van der Waals surface area contributed by atoms with Gasteiger partial charge in [-0.2, -0.15) is 13.7 Å². The Morgan fingerprint density at radius 3 is 2.66 bits per heavy atom. The molecule has 1 fully saturated rings. The Morgan fingerprint density at radius 1 is 1.16 bits per heavy atom. The van der Waals surface area contributed by atoms with Gasteiger partial charge in [-0.1, -0.05) is 29.7 Å². The lowest BCUT2D eigenvalue weighted by Crippen LogP contribution is -2.15. The number of hydrogen-bond acceptors (Lipinski definition) is 6. The van der Waals surface area contributed by atoms with Crippen LogP contribution >= 0.6 is 0 Å². The van der Waals surface area contributed by atoms with Crippen molar-refractivity contribution >= 4 is 43.3 Å². The molecule has 0 amide bonds. The monoisotopic (exact) mass is 530 g/mol. The van der Waals surface area contributed by atoms with Crippen molar-refractivity contribution in [1.82, 2.24) is 14.5 Å². The predicted octanol–water partition coefficient (Wildman–Crippen LogP) is 5.84. The number of benzene rings is 2. The molecule has 38 heavy (non-hydrogen) atoms. The molecule has 1 N–H and O–H groups in total. The summed E-state index contributed by atoms with van der Waals surface area (Å²) in [5.74, 6) is -0.236. The predicted molar refractivity (Wildman–Crippen MR) is 143 cm³/mol. The van der Waals surface area contributed by atoms with E-state index < -0.39 is 10.5 Å². The van der Waals surface area contributed by atoms with Crippen LogP contribution in [0.25, 0.3) is 44.0 Å².